The average Bonchev–Trinajstić information content (AvgIpc) is 3.08. The third-order valence-electron chi connectivity index (χ3n) is 3.76. The average molecular weight is 301 g/mol. The number of thiophene rings is 1. The van der Waals surface area contributed by atoms with Crippen LogP contribution in [-0.4, -0.2) is 36.6 Å². The molecule has 0 bridgehead atoms. The number of hydrogen-bond donors (Lipinski definition) is 0. The molecule has 3 rings (SSSR count). The van der Waals surface area contributed by atoms with Crippen molar-refractivity contribution in [2.24, 2.45) is 0 Å². The van der Waals surface area contributed by atoms with E-state index >= 15 is 0 Å². The summed E-state index contributed by atoms with van der Waals surface area (Å²) in [5.74, 6) is 0.137. The second-order valence-corrected chi connectivity index (χ2v) is 6.19. The molecule has 0 radical (unpaired) electrons. The zero-order valence-corrected chi connectivity index (χ0v) is 12.7. The normalized spacial score (nSPS) is 18.7. The van der Waals surface area contributed by atoms with Gasteiger partial charge in [-0.3, -0.25) is 4.79 Å². The van der Waals surface area contributed by atoms with Crippen LogP contribution < -0.4 is 0 Å². The topological polar surface area (TPSA) is 29.5 Å². The molecule has 2 heterocycles. The minimum Gasteiger partial charge on any atom is -0.375 e. The molecule has 1 atom stereocenters. The number of aryl methyl sites for hydroxylation is 1. The first-order chi connectivity index (χ1) is 10.3. The van der Waals surface area contributed by atoms with Gasteiger partial charge in [-0.2, -0.15) is 0 Å². The lowest BCUT2D eigenvalue weighted by Gasteiger charge is -2.32. The van der Waals surface area contributed by atoms with Crippen molar-refractivity contribution in [3.63, 3.8) is 0 Å². The molecule has 0 saturated carbocycles. The maximum Gasteiger partial charge on any atom is 0.264 e. The van der Waals surface area contributed by atoms with Gasteiger partial charge in [-0.1, -0.05) is 36.4 Å². The van der Waals surface area contributed by atoms with Crippen LogP contribution in [0.3, 0.4) is 0 Å². The molecular weight excluding hydrogens is 282 g/mol. The Bertz CT molecular complexity index is 568. The number of rotatable bonds is 4. The number of carbonyl (C=O) groups excluding carboxylic acids is 1. The van der Waals surface area contributed by atoms with E-state index in [-0.39, 0.29) is 12.0 Å². The summed E-state index contributed by atoms with van der Waals surface area (Å²) in [7, 11) is 0. The second-order valence-electron chi connectivity index (χ2n) is 5.25. The summed E-state index contributed by atoms with van der Waals surface area (Å²) in [5.41, 5.74) is 1.32. The van der Waals surface area contributed by atoms with Gasteiger partial charge >= 0.3 is 0 Å². The van der Waals surface area contributed by atoms with E-state index in [0.717, 1.165) is 17.7 Å². The predicted octanol–water partition coefficient (Wildman–Crippen LogP) is 3.22. The predicted molar refractivity (Wildman–Crippen MR) is 84.7 cm³/mol. The van der Waals surface area contributed by atoms with Crippen LogP contribution in [0.25, 0.3) is 0 Å². The molecule has 110 valence electrons. The smallest absolute Gasteiger partial charge is 0.264 e. The molecule has 1 fully saturated rings. The quantitative estimate of drug-likeness (QED) is 0.868. The van der Waals surface area contributed by atoms with E-state index in [9.17, 15) is 4.79 Å². The van der Waals surface area contributed by atoms with Crippen LogP contribution in [0, 0.1) is 0 Å². The molecule has 2 aromatic rings. The Hall–Kier alpha value is -1.65. The maximum atomic E-state index is 12.4. The molecule has 1 aromatic heterocycles. The first kappa shape index (κ1) is 14.3. The molecule has 0 N–H and O–H groups in total. The van der Waals surface area contributed by atoms with Crippen LogP contribution in [0.4, 0.5) is 0 Å². The summed E-state index contributed by atoms with van der Waals surface area (Å²) in [4.78, 5) is 15.1. The Labute approximate surface area is 129 Å². The molecule has 1 aromatic carbocycles. The molecule has 0 spiro atoms. The minimum absolute atomic E-state index is 0.137. The summed E-state index contributed by atoms with van der Waals surface area (Å²) in [5, 5.41) is 1.95. The third-order valence-corrected chi connectivity index (χ3v) is 4.61. The molecule has 1 aliphatic rings. The maximum absolute atomic E-state index is 12.4. The van der Waals surface area contributed by atoms with E-state index in [2.05, 4.69) is 24.3 Å². The zero-order valence-electron chi connectivity index (χ0n) is 11.9. The number of nitrogens with zero attached hydrogens (tertiary/aromatic N) is 1. The summed E-state index contributed by atoms with van der Waals surface area (Å²) in [6, 6.07) is 14.2. The molecule has 1 unspecified atom stereocenters. The molecule has 1 aliphatic heterocycles. The van der Waals surface area contributed by atoms with Crippen molar-refractivity contribution in [1.29, 1.82) is 0 Å². The zero-order chi connectivity index (χ0) is 14.5. The third kappa shape index (κ3) is 3.71. The van der Waals surface area contributed by atoms with Crippen LogP contribution in [-0.2, 0) is 11.2 Å². The first-order valence-electron chi connectivity index (χ1n) is 7.31. The fraction of sp³-hybridized carbons (Fsp3) is 0.353. The van der Waals surface area contributed by atoms with Crippen molar-refractivity contribution < 1.29 is 9.53 Å². The molecule has 1 amide bonds. The summed E-state index contributed by atoms with van der Waals surface area (Å²) >= 11 is 1.50. The lowest BCUT2D eigenvalue weighted by molar-refractivity contribution is -0.0244. The highest BCUT2D eigenvalue weighted by Gasteiger charge is 2.25. The Morgan fingerprint density at radius 1 is 1.24 bits per heavy atom. The Morgan fingerprint density at radius 3 is 2.86 bits per heavy atom. The van der Waals surface area contributed by atoms with Crippen LogP contribution >= 0.6 is 11.3 Å². The lowest BCUT2D eigenvalue weighted by atomic mass is 10.1. The molecule has 1 saturated heterocycles. The van der Waals surface area contributed by atoms with E-state index in [0.29, 0.717) is 19.7 Å². The van der Waals surface area contributed by atoms with E-state index < -0.39 is 0 Å². The van der Waals surface area contributed by atoms with Gasteiger partial charge in [0.25, 0.3) is 5.91 Å². The second kappa shape index (κ2) is 6.87. The van der Waals surface area contributed by atoms with Crippen molar-refractivity contribution in [3.8, 4) is 0 Å². The van der Waals surface area contributed by atoms with Crippen molar-refractivity contribution in [1.82, 2.24) is 4.90 Å². The van der Waals surface area contributed by atoms with Gasteiger partial charge in [-0.05, 0) is 29.9 Å². The fourth-order valence-electron chi connectivity index (χ4n) is 2.61. The fourth-order valence-corrected chi connectivity index (χ4v) is 3.30. The van der Waals surface area contributed by atoms with Gasteiger partial charge in [0.1, 0.15) is 0 Å². The highest BCUT2D eigenvalue weighted by Crippen LogP contribution is 2.17. The highest BCUT2D eigenvalue weighted by molar-refractivity contribution is 7.12. The van der Waals surface area contributed by atoms with E-state index in [1.165, 1.54) is 16.9 Å². The number of hydrogen-bond acceptors (Lipinski definition) is 3. The van der Waals surface area contributed by atoms with E-state index in [1.54, 1.807) is 0 Å². The monoisotopic (exact) mass is 301 g/mol. The number of carbonyl (C=O) groups is 1. The molecular formula is C17H19NO2S. The Morgan fingerprint density at radius 2 is 2.10 bits per heavy atom. The number of benzene rings is 1. The van der Waals surface area contributed by atoms with Crippen molar-refractivity contribution in [2.75, 3.05) is 19.7 Å². The SMILES string of the molecule is O=C(c1cccs1)N1CCOC(CCc2ccccc2)C1. The van der Waals surface area contributed by atoms with Gasteiger partial charge in [0, 0.05) is 13.1 Å². The van der Waals surface area contributed by atoms with Gasteiger partial charge in [0.15, 0.2) is 0 Å². The van der Waals surface area contributed by atoms with E-state index in [1.807, 2.05) is 28.5 Å². The number of morpholine rings is 1. The molecule has 0 aliphatic carbocycles. The molecule has 4 heteroatoms. The molecule has 3 nitrogen and oxygen atoms in total. The van der Waals surface area contributed by atoms with Crippen molar-refractivity contribution in [3.05, 3.63) is 58.3 Å². The van der Waals surface area contributed by atoms with Gasteiger partial charge < -0.3 is 9.64 Å². The van der Waals surface area contributed by atoms with Crippen LogP contribution in [0.2, 0.25) is 0 Å². The summed E-state index contributed by atoms with van der Waals surface area (Å²) in [6.45, 7) is 2.03. The Balaban J connectivity index is 1.55. The Kier molecular flexibility index (Phi) is 4.68. The van der Waals surface area contributed by atoms with Crippen LogP contribution in [0.15, 0.2) is 47.8 Å². The van der Waals surface area contributed by atoms with E-state index in [4.69, 9.17) is 4.74 Å². The molecule has 21 heavy (non-hydrogen) atoms. The van der Waals surface area contributed by atoms with Crippen molar-refractivity contribution in [2.45, 2.75) is 18.9 Å². The van der Waals surface area contributed by atoms with Crippen LogP contribution in [0.1, 0.15) is 21.7 Å². The minimum atomic E-state index is 0.137. The van der Waals surface area contributed by atoms with Crippen molar-refractivity contribution >= 4 is 17.2 Å². The summed E-state index contributed by atoms with van der Waals surface area (Å²) < 4.78 is 5.81. The van der Waals surface area contributed by atoms with Gasteiger partial charge in [-0.15, -0.1) is 11.3 Å². The van der Waals surface area contributed by atoms with Gasteiger partial charge in [0.05, 0.1) is 17.6 Å². The number of ether oxygens (including phenoxy) is 1. The van der Waals surface area contributed by atoms with Crippen LogP contribution in [0.5, 0.6) is 0 Å². The standard InChI is InChI=1S/C17H19NO2S/c19-17(16-7-4-12-21-16)18-10-11-20-15(13-18)9-8-14-5-2-1-3-6-14/h1-7,12,15H,8-11,13H2. The van der Waals surface area contributed by atoms with Gasteiger partial charge in [-0.25, -0.2) is 0 Å². The number of amides is 1. The largest absolute Gasteiger partial charge is 0.375 e. The first-order valence-corrected chi connectivity index (χ1v) is 8.19. The van der Waals surface area contributed by atoms with Gasteiger partial charge in [0.2, 0.25) is 0 Å². The summed E-state index contributed by atoms with van der Waals surface area (Å²) in [6.07, 6.45) is 2.09. The lowest BCUT2D eigenvalue weighted by Crippen LogP contribution is -2.45. The highest BCUT2D eigenvalue weighted by atomic mass is 32.1.